The molecule has 1 aliphatic heterocycles. The first-order valence-electron chi connectivity index (χ1n) is 9.05. The molecule has 1 aromatic heterocycles. The molecule has 2 heterocycles. The SMILES string of the molecule is COC(=O)c1cccc(CC2(C)C(=O)Nc3ccc(-c4cccnc4)cc32)c1. The maximum atomic E-state index is 12.9. The van der Waals surface area contributed by atoms with E-state index in [9.17, 15) is 9.59 Å². The second kappa shape index (κ2) is 6.93. The summed E-state index contributed by atoms with van der Waals surface area (Å²) < 4.78 is 4.80. The molecule has 0 aliphatic carbocycles. The highest BCUT2D eigenvalue weighted by molar-refractivity contribution is 6.06. The second-order valence-corrected chi connectivity index (χ2v) is 7.16. The molecule has 28 heavy (non-hydrogen) atoms. The zero-order valence-corrected chi connectivity index (χ0v) is 15.7. The summed E-state index contributed by atoms with van der Waals surface area (Å²) >= 11 is 0. The van der Waals surface area contributed by atoms with Crippen LogP contribution in [0.1, 0.15) is 28.4 Å². The van der Waals surface area contributed by atoms with Crippen LogP contribution in [0.25, 0.3) is 11.1 Å². The number of rotatable bonds is 4. The predicted molar refractivity (Wildman–Crippen MR) is 107 cm³/mol. The molecule has 1 aliphatic rings. The number of carbonyl (C=O) groups is 2. The summed E-state index contributed by atoms with van der Waals surface area (Å²) in [5, 5.41) is 2.99. The van der Waals surface area contributed by atoms with E-state index in [1.54, 1.807) is 18.3 Å². The van der Waals surface area contributed by atoms with Crippen LogP contribution in [0.5, 0.6) is 0 Å². The van der Waals surface area contributed by atoms with Crippen molar-refractivity contribution in [3.8, 4) is 11.1 Å². The van der Waals surface area contributed by atoms with Crippen LogP contribution >= 0.6 is 0 Å². The minimum absolute atomic E-state index is 0.0469. The molecule has 0 bridgehead atoms. The lowest BCUT2D eigenvalue weighted by atomic mass is 9.77. The lowest BCUT2D eigenvalue weighted by Crippen LogP contribution is -2.33. The van der Waals surface area contributed by atoms with Crippen LogP contribution in [0, 0.1) is 0 Å². The number of pyridine rings is 1. The standard InChI is InChI=1S/C23H20N2O3/c1-23(13-15-5-3-6-17(11-15)21(26)28-2)19-12-16(18-7-4-10-24-14-18)8-9-20(19)25-22(23)27/h3-12,14H,13H2,1-2H3,(H,25,27). The number of fused-ring (bicyclic) bond motifs is 1. The Hall–Kier alpha value is -3.47. The quantitative estimate of drug-likeness (QED) is 0.703. The summed E-state index contributed by atoms with van der Waals surface area (Å²) in [6.45, 7) is 1.94. The van der Waals surface area contributed by atoms with E-state index in [-0.39, 0.29) is 11.9 Å². The lowest BCUT2D eigenvalue weighted by molar-refractivity contribution is -0.120. The lowest BCUT2D eigenvalue weighted by Gasteiger charge is -2.23. The van der Waals surface area contributed by atoms with Crippen LogP contribution in [-0.4, -0.2) is 24.0 Å². The molecule has 1 unspecified atom stereocenters. The van der Waals surface area contributed by atoms with Gasteiger partial charge in [-0.25, -0.2) is 4.79 Å². The zero-order valence-electron chi connectivity index (χ0n) is 15.7. The van der Waals surface area contributed by atoms with Gasteiger partial charge in [-0.05, 0) is 65.9 Å². The number of anilines is 1. The number of ether oxygens (including phenoxy) is 1. The Labute approximate surface area is 163 Å². The van der Waals surface area contributed by atoms with Gasteiger partial charge in [0.2, 0.25) is 5.91 Å². The number of hydrogen-bond acceptors (Lipinski definition) is 4. The Morgan fingerprint density at radius 3 is 2.71 bits per heavy atom. The van der Waals surface area contributed by atoms with Gasteiger partial charge in [0, 0.05) is 18.1 Å². The van der Waals surface area contributed by atoms with E-state index in [0.29, 0.717) is 12.0 Å². The minimum atomic E-state index is -0.734. The average Bonchev–Trinajstić information content (AvgIpc) is 2.97. The summed E-state index contributed by atoms with van der Waals surface area (Å²) in [6, 6.07) is 17.1. The summed E-state index contributed by atoms with van der Waals surface area (Å²) in [5.41, 5.74) is 4.43. The topological polar surface area (TPSA) is 68.3 Å². The van der Waals surface area contributed by atoms with Crippen molar-refractivity contribution in [2.45, 2.75) is 18.8 Å². The van der Waals surface area contributed by atoms with E-state index in [1.807, 2.05) is 49.5 Å². The summed E-state index contributed by atoms with van der Waals surface area (Å²) in [4.78, 5) is 28.9. The fourth-order valence-corrected chi connectivity index (χ4v) is 3.72. The molecule has 0 spiro atoms. The number of methoxy groups -OCH3 is 1. The number of benzene rings is 2. The maximum Gasteiger partial charge on any atom is 0.337 e. The molecule has 1 amide bonds. The Morgan fingerprint density at radius 2 is 1.96 bits per heavy atom. The van der Waals surface area contributed by atoms with Crippen LogP contribution in [0.4, 0.5) is 5.69 Å². The number of hydrogen-bond donors (Lipinski definition) is 1. The van der Waals surface area contributed by atoms with Crippen molar-refractivity contribution in [3.05, 3.63) is 83.7 Å². The summed E-state index contributed by atoms with van der Waals surface area (Å²) in [5.74, 6) is -0.434. The molecule has 2 aromatic carbocycles. The van der Waals surface area contributed by atoms with Crippen molar-refractivity contribution in [2.24, 2.45) is 0 Å². The Kier molecular flexibility index (Phi) is 4.43. The smallest absolute Gasteiger partial charge is 0.337 e. The Balaban J connectivity index is 1.73. The zero-order chi connectivity index (χ0) is 19.7. The Bertz CT molecular complexity index is 1060. The molecule has 1 N–H and O–H groups in total. The number of amides is 1. The highest BCUT2D eigenvalue weighted by Gasteiger charge is 2.42. The van der Waals surface area contributed by atoms with Crippen molar-refractivity contribution >= 4 is 17.6 Å². The highest BCUT2D eigenvalue weighted by Crippen LogP contribution is 2.42. The molecule has 0 saturated heterocycles. The molecule has 4 rings (SSSR count). The van der Waals surface area contributed by atoms with Gasteiger partial charge in [0.15, 0.2) is 0 Å². The predicted octanol–water partition coefficient (Wildman–Crippen LogP) is 3.99. The van der Waals surface area contributed by atoms with E-state index in [2.05, 4.69) is 16.4 Å². The first-order valence-corrected chi connectivity index (χ1v) is 9.05. The monoisotopic (exact) mass is 372 g/mol. The number of aromatic nitrogens is 1. The Morgan fingerprint density at radius 1 is 1.11 bits per heavy atom. The molecule has 3 aromatic rings. The third-order valence-electron chi connectivity index (χ3n) is 5.26. The van der Waals surface area contributed by atoms with Crippen molar-refractivity contribution in [1.82, 2.24) is 4.98 Å². The fraction of sp³-hybridized carbons (Fsp3) is 0.174. The van der Waals surface area contributed by atoms with Gasteiger partial charge in [-0.3, -0.25) is 9.78 Å². The highest BCUT2D eigenvalue weighted by atomic mass is 16.5. The van der Waals surface area contributed by atoms with Crippen molar-refractivity contribution in [3.63, 3.8) is 0 Å². The van der Waals surface area contributed by atoms with E-state index >= 15 is 0 Å². The van der Waals surface area contributed by atoms with Gasteiger partial charge in [0.05, 0.1) is 18.1 Å². The van der Waals surface area contributed by atoms with Crippen molar-refractivity contribution in [1.29, 1.82) is 0 Å². The first-order chi connectivity index (χ1) is 13.5. The summed E-state index contributed by atoms with van der Waals surface area (Å²) in [6.07, 6.45) is 4.02. The molecular weight excluding hydrogens is 352 g/mol. The van der Waals surface area contributed by atoms with Crippen LogP contribution in [0.15, 0.2) is 67.0 Å². The van der Waals surface area contributed by atoms with Gasteiger partial charge >= 0.3 is 5.97 Å². The van der Waals surface area contributed by atoms with Crippen molar-refractivity contribution in [2.75, 3.05) is 12.4 Å². The molecule has 0 fully saturated rings. The van der Waals surface area contributed by atoms with E-state index in [1.165, 1.54) is 7.11 Å². The number of esters is 1. The molecule has 0 radical (unpaired) electrons. The summed E-state index contributed by atoms with van der Waals surface area (Å²) in [7, 11) is 1.36. The van der Waals surface area contributed by atoms with Crippen LogP contribution in [0.3, 0.4) is 0 Å². The second-order valence-electron chi connectivity index (χ2n) is 7.16. The molecule has 5 heteroatoms. The number of carbonyl (C=O) groups excluding carboxylic acids is 2. The fourth-order valence-electron chi connectivity index (χ4n) is 3.72. The van der Waals surface area contributed by atoms with Gasteiger partial charge in [0.25, 0.3) is 0 Å². The molecule has 140 valence electrons. The van der Waals surface area contributed by atoms with Crippen LogP contribution < -0.4 is 5.32 Å². The van der Waals surface area contributed by atoms with Crippen LogP contribution in [-0.2, 0) is 21.4 Å². The minimum Gasteiger partial charge on any atom is -0.465 e. The molecule has 5 nitrogen and oxygen atoms in total. The van der Waals surface area contributed by atoms with Gasteiger partial charge in [-0.2, -0.15) is 0 Å². The average molecular weight is 372 g/mol. The number of nitrogens with one attached hydrogen (secondary N) is 1. The number of nitrogens with zero attached hydrogens (tertiary/aromatic N) is 1. The van der Waals surface area contributed by atoms with Gasteiger partial charge in [0.1, 0.15) is 0 Å². The molecular formula is C23H20N2O3. The van der Waals surface area contributed by atoms with E-state index in [4.69, 9.17) is 4.74 Å². The largest absolute Gasteiger partial charge is 0.465 e. The van der Waals surface area contributed by atoms with Gasteiger partial charge in [-0.1, -0.05) is 24.3 Å². The van der Waals surface area contributed by atoms with E-state index < -0.39 is 5.41 Å². The third kappa shape index (κ3) is 3.05. The third-order valence-corrected chi connectivity index (χ3v) is 5.26. The van der Waals surface area contributed by atoms with Gasteiger partial charge < -0.3 is 10.1 Å². The van der Waals surface area contributed by atoms with Crippen LogP contribution in [0.2, 0.25) is 0 Å². The van der Waals surface area contributed by atoms with E-state index in [0.717, 1.165) is 27.9 Å². The maximum absolute atomic E-state index is 12.9. The molecule has 1 atom stereocenters. The normalized spacial score (nSPS) is 17.7. The molecule has 0 saturated carbocycles. The van der Waals surface area contributed by atoms with Crippen molar-refractivity contribution < 1.29 is 14.3 Å². The first kappa shape index (κ1) is 17.9. The van der Waals surface area contributed by atoms with Gasteiger partial charge in [-0.15, -0.1) is 0 Å².